The molecule has 4 rings (SSSR count). The van der Waals surface area contributed by atoms with Gasteiger partial charge in [-0.15, -0.1) is 11.3 Å². The molecule has 3 aliphatic rings. The van der Waals surface area contributed by atoms with Crippen LogP contribution >= 0.6 is 11.3 Å². The zero-order chi connectivity index (χ0) is 11.7. The maximum absolute atomic E-state index is 5.73. The minimum absolute atomic E-state index is 0.309. The summed E-state index contributed by atoms with van der Waals surface area (Å²) < 4.78 is 0. The normalized spacial score (nSPS) is 33.8. The molecule has 0 spiro atoms. The monoisotopic (exact) mass is 253 g/mol. The highest BCUT2D eigenvalue weighted by Gasteiger charge is 2.36. The van der Waals surface area contributed by atoms with E-state index in [-0.39, 0.29) is 0 Å². The van der Waals surface area contributed by atoms with Crippen LogP contribution in [-0.2, 0) is 6.42 Å². The van der Waals surface area contributed by atoms with E-state index in [4.69, 9.17) is 5.84 Å². The first-order valence-electron chi connectivity index (χ1n) is 6.18. The van der Waals surface area contributed by atoms with Crippen LogP contribution in [0, 0.1) is 0 Å². The van der Waals surface area contributed by atoms with E-state index in [1.165, 1.54) is 31.2 Å². The van der Waals surface area contributed by atoms with Crippen molar-refractivity contribution in [2.75, 3.05) is 32.7 Å². The van der Waals surface area contributed by atoms with Crippen molar-refractivity contribution in [3.63, 3.8) is 0 Å². The molecule has 2 atom stereocenters. The first-order valence-corrected chi connectivity index (χ1v) is 7.05. The van der Waals surface area contributed by atoms with E-state index in [2.05, 4.69) is 20.2 Å². The molecule has 0 saturated carbocycles. The number of hydrazine groups is 1. The van der Waals surface area contributed by atoms with Crippen LogP contribution in [-0.4, -0.2) is 59.6 Å². The van der Waals surface area contributed by atoms with Gasteiger partial charge in [0.15, 0.2) is 0 Å². The van der Waals surface area contributed by atoms with Crippen LogP contribution < -0.4 is 11.3 Å². The van der Waals surface area contributed by atoms with Crippen LogP contribution in [0.5, 0.6) is 0 Å². The Labute approximate surface area is 106 Å². The Hall–Kier alpha value is -0.530. The number of rotatable bonds is 4. The summed E-state index contributed by atoms with van der Waals surface area (Å²) in [5.41, 5.74) is 2.99. The molecule has 17 heavy (non-hydrogen) atoms. The lowest BCUT2D eigenvalue weighted by molar-refractivity contribution is -0.00315. The van der Waals surface area contributed by atoms with Gasteiger partial charge in [-0.1, -0.05) is 0 Å². The van der Waals surface area contributed by atoms with Crippen molar-refractivity contribution >= 4 is 11.3 Å². The number of nitrogens with two attached hydrogens (primary N) is 1. The summed E-state index contributed by atoms with van der Waals surface area (Å²) in [4.78, 5) is 9.46. The van der Waals surface area contributed by atoms with Gasteiger partial charge in [0.05, 0.1) is 5.01 Å². The lowest BCUT2D eigenvalue weighted by Gasteiger charge is -2.49. The third-order valence-corrected chi connectivity index (χ3v) is 4.68. The molecule has 94 valence electrons. The Morgan fingerprint density at radius 2 is 2.29 bits per heavy atom. The van der Waals surface area contributed by atoms with E-state index in [0.29, 0.717) is 12.1 Å². The van der Waals surface area contributed by atoms with Gasteiger partial charge in [-0.2, -0.15) is 0 Å². The first-order chi connectivity index (χ1) is 8.36. The predicted octanol–water partition coefficient (Wildman–Crippen LogP) is -0.483. The third-order valence-electron chi connectivity index (χ3n) is 3.88. The lowest BCUT2D eigenvalue weighted by Crippen LogP contribution is -2.67. The molecule has 0 aliphatic carbocycles. The smallest absolute Gasteiger partial charge is 0.0941 e. The molecule has 0 radical (unpaired) electrons. The second-order valence-corrected chi connectivity index (χ2v) is 5.79. The molecule has 0 amide bonds. The Balaban J connectivity index is 1.68. The quantitative estimate of drug-likeness (QED) is 0.560. The maximum atomic E-state index is 5.73. The first kappa shape index (κ1) is 11.6. The fourth-order valence-electron chi connectivity index (χ4n) is 2.89. The summed E-state index contributed by atoms with van der Waals surface area (Å²) in [5, 5.41) is 3.20. The summed E-state index contributed by atoms with van der Waals surface area (Å²) in [7, 11) is 0. The van der Waals surface area contributed by atoms with Crippen LogP contribution in [0.25, 0.3) is 0 Å². The highest BCUT2D eigenvalue weighted by Crippen LogP contribution is 2.20. The van der Waals surface area contributed by atoms with Crippen molar-refractivity contribution in [2.45, 2.75) is 18.5 Å². The number of aromatic nitrogens is 1. The molecule has 5 nitrogen and oxygen atoms in total. The molecule has 2 bridgehead atoms. The largest absolute Gasteiger partial charge is 0.299 e. The molecule has 1 aromatic heterocycles. The summed E-state index contributed by atoms with van der Waals surface area (Å²) in [6, 6.07) is 0.843. The predicted molar refractivity (Wildman–Crippen MR) is 68.7 cm³/mol. The molecular formula is C11H19N5S. The van der Waals surface area contributed by atoms with Gasteiger partial charge >= 0.3 is 0 Å². The van der Waals surface area contributed by atoms with Gasteiger partial charge in [-0.05, 0) is 0 Å². The van der Waals surface area contributed by atoms with E-state index in [9.17, 15) is 0 Å². The minimum atomic E-state index is 0.309. The Morgan fingerprint density at radius 1 is 1.47 bits per heavy atom. The van der Waals surface area contributed by atoms with Gasteiger partial charge in [0, 0.05) is 62.8 Å². The van der Waals surface area contributed by atoms with Gasteiger partial charge < -0.3 is 0 Å². The van der Waals surface area contributed by atoms with E-state index < -0.39 is 0 Å². The van der Waals surface area contributed by atoms with Gasteiger partial charge in [-0.3, -0.25) is 21.1 Å². The van der Waals surface area contributed by atoms with E-state index in [1.807, 2.05) is 11.6 Å². The second kappa shape index (κ2) is 4.99. The van der Waals surface area contributed by atoms with Crippen molar-refractivity contribution < 1.29 is 0 Å². The summed E-state index contributed by atoms with van der Waals surface area (Å²) in [6.07, 6.45) is 2.80. The summed E-state index contributed by atoms with van der Waals surface area (Å²) in [6.45, 7) is 5.93. The number of fused-ring (bicyclic) bond motifs is 3. The molecule has 4 heterocycles. The minimum Gasteiger partial charge on any atom is -0.299 e. The zero-order valence-corrected chi connectivity index (χ0v) is 10.7. The Kier molecular flexibility index (Phi) is 3.39. The number of piperazine rings is 3. The van der Waals surface area contributed by atoms with Gasteiger partial charge in [0.2, 0.25) is 0 Å². The van der Waals surface area contributed by atoms with Crippen molar-refractivity contribution in [3.8, 4) is 0 Å². The molecule has 2 unspecified atom stereocenters. The standard InChI is InChI=1S/C11H19N5S/c12-14-9(7-11-13-1-6-17-11)10-8-15-2-4-16(10)5-3-15/h1,6,9-10,14H,2-5,7-8,12H2. The van der Waals surface area contributed by atoms with Crippen molar-refractivity contribution in [1.29, 1.82) is 0 Å². The fraction of sp³-hybridized carbons (Fsp3) is 0.727. The summed E-state index contributed by atoms with van der Waals surface area (Å²) in [5.74, 6) is 5.73. The zero-order valence-electron chi connectivity index (χ0n) is 9.88. The highest BCUT2D eigenvalue weighted by molar-refractivity contribution is 7.09. The average Bonchev–Trinajstić information content (AvgIpc) is 2.90. The van der Waals surface area contributed by atoms with Crippen LogP contribution in [0.4, 0.5) is 0 Å². The SMILES string of the molecule is NNC(Cc1nccs1)C1CN2CCN1CC2. The molecule has 3 aliphatic heterocycles. The number of nitrogens with zero attached hydrogens (tertiary/aromatic N) is 3. The molecular weight excluding hydrogens is 234 g/mol. The molecule has 3 saturated heterocycles. The number of nitrogens with one attached hydrogen (secondary N) is 1. The Bertz CT molecular complexity index is 347. The molecule has 1 aromatic rings. The van der Waals surface area contributed by atoms with Crippen molar-refractivity contribution in [2.24, 2.45) is 5.84 Å². The lowest BCUT2D eigenvalue weighted by atomic mass is 9.98. The number of hydrogen-bond donors (Lipinski definition) is 2. The van der Waals surface area contributed by atoms with Gasteiger partial charge in [0.1, 0.15) is 0 Å². The van der Waals surface area contributed by atoms with E-state index in [1.54, 1.807) is 11.3 Å². The number of hydrogen-bond acceptors (Lipinski definition) is 6. The molecule has 6 heteroatoms. The molecule has 3 fully saturated rings. The number of thiazole rings is 1. The van der Waals surface area contributed by atoms with E-state index >= 15 is 0 Å². The van der Waals surface area contributed by atoms with Gasteiger partial charge in [0.25, 0.3) is 0 Å². The van der Waals surface area contributed by atoms with Crippen LogP contribution in [0.2, 0.25) is 0 Å². The third kappa shape index (κ3) is 2.36. The van der Waals surface area contributed by atoms with Crippen molar-refractivity contribution in [1.82, 2.24) is 20.2 Å². The molecule has 3 N–H and O–H groups in total. The average molecular weight is 253 g/mol. The topological polar surface area (TPSA) is 57.4 Å². The second-order valence-electron chi connectivity index (χ2n) is 4.81. The maximum Gasteiger partial charge on any atom is 0.0941 e. The van der Waals surface area contributed by atoms with Crippen LogP contribution in [0.1, 0.15) is 5.01 Å². The van der Waals surface area contributed by atoms with Crippen LogP contribution in [0.3, 0.4) is 0 Å². The molecule has 0 aromatic carbocycles. The van der Waals surface area contributed by atoms with Gasteiger partial charge in [-0.25, -0.2) is 4.98 Å². The van der Waals surface area contributed by atoms with E-state index in [0.717, 1.165) is 13.0 Å². The fourth-order valence-corrected chi connectivity index (χ4v) is 3.56. The van der Waals surface area contributed by atoms with Crippen LogP contribution in [0.15, 0.2) is 11.6 Å². The van der Waals surface area contributed by atoms with Crippen molar-refractivity contribution in [3.05, 3.63) is 16.6 Å². The Morgan fingerprint density at radius 3 is 2.82 bits per heavy atom. The highest BCUT2D eigenvalue weighted by atomic mass is 32.1. The summed E-state index contributed by atoms with van der Waals surface area (Å²) >= 11 is 1.71.